The van der Waals surface area contributed by atoms with Crippen molar-refractivity contribution in [3.63, 3.8) is 0 Å². The Morgan fingerprint density at radius 1 is 1.35 bits per heavy atom. The SMILES string of the molecule is CN=C(NCCCN(Cc1cccnc1)C(=O)OC(C)(C)C)N1CCC2(CCC2)C1.I. The molecule has 31 heavy (non-hydrogen) atoms. The Bertz CT molecular complexity index is 731. The number of likely N-dealkylation sites (tertiary alicyclic amines) is 1. The molecule has 1 amide bonds. The quantitative estimate of drug-likeness (QED) is 0.251. The van der Waals surface area contributed by atoms with Gasteiger partial charge in [0.25, 0.3) is 0 Å². The average Bonchev–Trinajstić information content (AvgIpc) is 3.12. The highest BCUT2D eigenvalue weighted by molar-refractivity contribution is 14.0. The number of guanidine groups is 1. The van der Waals surface area contributed by atoms with Crippen LogP contribution < -0.4 is 5.32 Å². The van der Waals surface area contributed by atoms with Gasteiger partial charge in [-0.2, -0.15) is 0 Å². The van der Waals surface area contributed by atoms with Crippen LogP contribution in [0.3, 0.4) is 0 Å². The number of carbonyl (C=O) groups excluding carboxylic acids is 1. The number of halogens is 1. The number of aromatic nitrogens is 1. The Labute approximate surface area is 204 Å². The standard InChI is InChI=1S/C23H37N5O2.HI/c1-22(2,3)30-21(29)27(17-19-8-5-12-25-16-19)14-7-13-26-20(24-4)28-15-11-23(18-28)9-6-10-23;/h5,8,12,16H,6-7,9-11,13-15,17-18H2,1-4H3,(H,24,26);1H. The fourth-order valence-corrected chi connectivity index (χ4v) is 4.28. The molecular weight excluding hydrogens is 505 g/mol. The van der Waals surface area contributed by atoms with Crippen molar-refractivity contribution in [2.45, 2.75) is 65.0 Å². The van der Waals surface area contributed by atoms with Crippen molar-refractivity contribution in [3.05, 3.63) is 30.1 Å². The van der Waals surface area contributed by atoms with Crippen molar-refractivity contribution in [2.24, 2.45) is 10.4 Å². The van der Waals surface area contributed by atoms with Crippen molar-refractivity contribution >= 4 is 36.0 Å². The average molecular weight is 543 g/mol. The van der Waals surface area contributed by atoms with Crippen molar-refractivity contribution < 1.29 is 9.53 Å². The lowest BCUT2D eigenvalue weighted by atomic mass is 9.68. The van der Waals surface area contributed by atoms with Gasteiger partial charge in [-0.1, -0.05) is 12.5 Å². The number of hydrogen-bond acceptors (Lipinski definition) is 4. The molecule has 1 N–H and O–H groups in total. The topological polar surface area (TPSA) is 70.1 Å². The highest BCUT2D eigenvalue weighted by atomic mass is 127. The van der Waals surface area contributed by atoms with Gasteiger partial charge in [-0.05, 0) is 63.5 Å². The van der Waals surface area contributed by atoms with Crippen LogP contribution in [0.2, 0.25) is 0 Å². The van der Waals surface area contributed by atoms with E-state index in [0.717, 1.165) is 37.6 Å². The summed E-state index contributed by atoms with van der Waals surface area (Å²) >= 11 is 0. The number of nitrogens with one attached hydrogen (secondary N) is 1. The third kappa shape index (κ3) is 7.50. The van der Waals surface area contributed by atoms with Crippen LogP contribution >= 0.6 is 24.0 Å². The minimum Gasteiger partial charge on any atom is -0.444 e. The normalized spacial score (nSPS) is 17.7. The van der Waals surface area contributed by atoms with E-state index >= 15 is 0 Å². The molecule has 1 aromatic rings. The van der Waals surface area contributed by atoms with Gasteiger partial charge in [0.2, 0.25) is 0 Å². The molecule has 8 heteroatoms. The maximum Gasteiger partial charge on any atom is 0.410 e. The zero-order valence-electron chi connectivity index (χ0n) is 19.4. The van der Waals surface area contributed by atoms with Crippen molar-refractivity contribution in [1.82, 2.24) is 20.1 Å². The molecule has 0 atom stereocenters. The summed E-state index contributed by atoms with van der Waals surface area (Å²) in [6.45, 7) is 9.76. The lowest BCUT2D eigenvalue weighted by molar-refractivity contribution is 0.0232. The second-order valence-corrected chi connectivity index (χ2v) is 9.62. The number of pyridine rings is 1. The highest BCUT2D eigenvalue weighted by Gasteiger charge is 2.43. The summed E-state index contributed by atoms with van der Waals surface area (Å²) in [5.41, 5.74) is 1.03. The van der Waals surface area contributed by atoms with Crippen LogP contribution in [-0.2, 0) is 11.3 Å². The number of carbonyl (C=O) groups is 1. The summed E-state index contributed by atoms with van der Waals surface area (Å²) < 4.78 is 5.61. The van der Waals surface area contributed by atoms with Crippen molar-refractivity contribution in [3.8, 4) is 0 Å². The van der Waals surface area contributed by atoms with E-state index in [0.29, 0.717) is 18.5 Å². The fraction of sp³-hybridized carbons (Fsp3) is 0.696. The van der Waals surface area contributed by atoms with Gasteiger partial charge in [-0.3, -0.25) is 9.98 Å². The summed E-state index contributed by atoms with van der Waals surface area (Å²) in [5.74, 6) is 0.981. The van der Waals surface area contributed by atoms with E-state index < -0.39 is 5.60 Å². The minimum absolute atomic E-state index is 0. The predicted octanol–water partition coefficient (Wildman–Crippen LogP) is 4.28. The smallest absolute Gasteiger partial charge is 0.410 e. The number of nitrogens with zero attached hydrogens (tertiary/aromatic N) is 4. The van der Waals surface area contributed by atoms with E-state index in [1.54, 1.807) is 17.3 Å². The third-order valence-electron chi connectivity index (χ3n) is 6.00. The molecule has 0 aromatic carbocycles. The van der Waals surface area contributed by atoms with Gasteiger partial charge in [0.05, 0.1) is 6.54 Å². The molecule has 0 unspecified atom stereocenters. The Balaban J connectivity index is 0.00000341. The van der Waals surface area contributed by atoms with E-state index in [2.05, 4.69) is 20.2 Å². The third-order valence-corrected chi connectivity index (χ3v) is 6.00. The second-order valence-electron chi connectivity index (χ2n) is 9.62. The van der Waals surface area contributed by atoms with E-state index in [-0.39, 0.29) is 30.1 Å². The number of hydrogen-bond donors (Lipinski definition) is 1. The number of rotatable bonds is 6. The maximum atomic E-state index is 12.7. The molecule has 1 aliphatic carbocycles. The fourth-order valence-electron chi connectivity index (χ4n) is 4.28. The van der Waals surface area contributed by atoms with Gasteiger partial charge in [0, 0.05) is 45.6 Å². The summed E-state index contributed by atoms with van der Waals surface area (Å²) in [4.78, 5) is 25.5. The van der Waals surface area contributed by atoms with Crippen LogP contribution in [0.1, 0.15) is 58.4 Å². The van der Waals surface area contributed by atoms with Gasteiger partial charge in [0.15, 0.2) is 5.96 Å². The molecular formula is C23H38IN5O2. The molecule has 7 nitrogen and oxygen atoms in total. The minimum atomic E-state index is -0.516. The second kappa shape index (κ2) is 11.3. The molecule has 2 heterocycles. The first-order valence-corrected chi connectivity index (χ1v) is 11.1. The van der Waals surface area contributed by atoms with Crippen LogP contribution in [0.5, 0.6) is 0 Å². The first kappa shape index (κ1) is 25.7. The first-order chi connectivity index (χ1) is 14.3. The summed E-state index contributed by atoms with van der Waals surface area (Å²) in [6.07, 6.45) is 9.44. The summed E-state index contributed by atoms with van der Waals surface area (Å²) in [7, 11) is 1.85. The molecule has 1 saturated carbocycles. The monoisotopic (exact) mass is 543 g/mol. The lowest BCUT2D eigenvalue weighted by Crippen LogP contribution is -2.43. The van der Waals surface area contributed by atoms with Gasteiger partial charge in [-0.15, -0.1) is 24.0 Å². The zero-order chi connectivity index (χ0) is 21.6. The molecule has 3 rings (SSSR count). The lowest BCUT2D eigenvalue weighted by Gasteiger charge is -2.38. The molecule has 2 fully saturated rings. The summed E-state index contributed by atoms with van der Waals surface area (Å²) in [5, 5.41) is 3.49. The molecule has 1 aromatic heterocycles. The Morgan fingerprint density at radius 3 is 2.68 bits per heavy atom. The Kier molecular flexibility index (Phi) is 9.39. The highest BCUT2D eigenvalue weighted by Crippen LogP contribution is 2.47. The van der Waals surface area contributed by atoms with E-state index in [1.807, 2.05) is 40.0 Å². The molecule has 0 radical (unpaired) electrons. The molecule has 1 spiro atoms. The van der Waals surface area contributed by atoms with Crippen LogP contribution in [-0.4, -0.2) is 65.7 Å². The van der Waals surface area contributed by atoms with Crippen LogP contribution in [0.4, 0.5) is 4.79 Å². The Morgan fingerprint density at radius 2 is 2.13 bits per heavy atom. The maximum absolute atomic E-state index is 12.7. The van der Waals surface area contributed by atoms with E-state index in [9.17, 15) is 4.79 Å². The Hall–Kier alpha value is -1.58. The van der Waals surface area contributed by atoms with Gasteiger partial charge in [0.1, 0.15) is 5.60 Å². The van der Waals surface area contributed by atoms with Crippen LogP contribution in [0.15, 0.2) is 29.5 Å². The van der Waals surface area contributed by atoms with Gasteiger partial charge < -0.3 is 19.9 Å². The molecule has 174 valence electrons. The predicted molar refractivity (Wildman–Crippen MR) is 135 cm³/mol. The zero-order valence-corrected chi connectivity index (χ0v) is 21.7. The van der Waals surface area contributed by atoms with Gasteiger partial charge >= 0.3 is 6.09 Å². The largest absolute Gasteiger partial charge is 0.444 e. The van der Waals surface area contributed by atoms with Crippen molar-refractivity contribution in [2.75, 3.05) is 33.2 Å². The van der Waals surface area contributed by atoms with Gasteiger partial charge in [-0.25, -0.2) is 4.79 Å². The molecule has 0 bridgehead atoms. The van der Waals surface area contributed by atoms with Crippen LogP contribution in [0, 0.1) is 5.41 Å². The first-order valence-electron chi connectivity index (χ1n) is 11.1. The van der Waals surface area contributed by atoms with Crippen LogP contribution in [0.25, 0.3) is 0 Å². The number of ether oxygens (including phenoxy) is 1. The van der Waals surface area contributed by atoms with E-state index in [1.165, 1.54) is 25.7 Å². The summed E-state index contributed by atoms with van der Waals surface area (Å²) in [6, 6.07) is 3.87. The molecule has 2 aliphatic rings. The van der Waals surface area contributed by atoms with E-state index in [4.69, 9.17) is 4.74 Å². The molecule has 1 saturated heterocycles. The van der Waals surface area contributed by atoms with Crippen molar-refractivity contribution in [1.29, 1.82) is 0 Å². The number of aliphatic imine (C=N–C) groups is 1. The number of amides is 1. The molecule has 1 aliphatic heterocycles.